The molecule has 0 spiro atoms. The zero-order chi connectivity index (χ0) is 20.1. The molecule has 146 valence electrons. The zero-order valence-corrected chi connectivity index (χ0v) is 15.6. The first kappa shape index (κ1) is 18.5. The smallest absolute Gasteiger partial charge is 0.243 e. The number of benzene rings is 2. The molecule has 9 heteroatoms. The lowest BCUT2D eigenvalue weighted by molar-refractivity contribution is -0.132. The molecule has 0 saturated carbocycles. The number of tetrazole rings is 1. The summed E-state index contributed by atoms with van der Waals surface area (Å²) in [5.74, 6) is -0.375. The molecular formula is C20H19N7O2. The molecule has 0 unspecified atom stereocenters. The van der Waals surface area contributed by atoms with Gasteiger partial charge in [-0.25, -0.2) is 9.69 Å². The van der Waals surface area contributed by atoms with Crippen LogP contribution in [0.15, 0.2) is 66.0 Å². The Balaban J connectivity index is 1.27. The summed E-state index contributed by atoms with van der Waals surface area (Å²) >= 11 is 0. The van der Waals surface area contributed by atoms with E-state index in [0.29, 0.717) is 12.2 Å². The summed E-state index contributed by atoms with van der Waals surface area (Å²) in [5.41, 5.74) is 3.34. The molecule has 0 aliphatic carbocycles. The molecule has 4 rings (SSSR count). The van der Waals surface area contributed by atoms with Crippen LogP contribution in [0.1, 0.15) is 24.8 Å². The number of nitrogens with one attached hydrogen (secondary N) is 1. The Morgan fingerprint density at radius 1 is 1.00 bits per heavy atom. The monoisotopic (exact) mass is 389 g/mol. The van der Waals surface area contributed by atoms with Gasteiger partial charge in [0.05, 0.1) is 17.9 Å². The fraction of sp³-hybridized carbons (Fsp3) is 0.200. The molecular weight excluding hydrogens is 370 g/mol. The molecule has 0 saturated heterocycles. The second-order valence-corrected chi connectivity index (χ2v) is 6.53. The van der Waals surface area contributed by atoms with E-state index in [2.05, 4.69) is 25.9 Å². The normalized spacial score (nSPS) is 13.2. The van der Waals surface area contributed by atoms with E-state index in [1.807, 2.05) is 30.3 Å². The van der Waals surface area contributed by atoms with Crippen molar-refractivity contribution in [1.82, 2.24) is 25.2 Å². The number of anilines is 1. The van der Waals surface area contributed by atoms with Gasteiger partial charge in [-0.2, -0.15) is 5.10 Å². The maximum absolute atomic E-state index is 12.4. The van der Waals surface area contributed by atoms with E-state index in [1.54, 1.807) is 24.3 Å². The first-order chi connectivity index (χ1) is 14.2. The van der Waals surface area contributed by atoms with Gasteiger partial charge in [0.1, 0.15) is 6.33 Å². The topological polar surface area (TPSA) is 105 Å². The van der Waals surface area contributed by atoms with E-state index in [9.17, 15) is 9.59 Å². The van der Waals surface area contributed by atoms with Crippen molar-refractivity contribution in [3.05, 3.63) is 66.5 Å². The predicted octanol–water partition coefficient (Wildman–Crippen LogP) is 2.02. The molecule has 2 heterocycles. The average molecular weight is 389 g/mol. The Labute approximate surface area is 167 Å². The number of nitrogens with zero attached hydrogens (tertiary/aromatic N) is 6. The minimum absolute atomic E-state index is 0.0975. The number of hydrogen-bond acceptors (Lipinski definition) is 6. The molecule has 9 nitrogen and oxygen atoms in total. The Morgan fingerprint density at radius 3 is 2.52 bits per heavy atom. The summed E-state index contributed by atoms with van der Waals surface area (Å²) in [6.07, 6.45) is 2.42. The lowest BCUT2D eigenvalue weighted by Gasteiger charge is -2.11. The highest BCUT2D eigenvalue weighted by Gasteiger charge is 2.21. The van der Waals surface area contributed by atoms with Gasteiger partial charge >= 0.3 is 0 Å². The van der Waals surface area contributed by atoms with E-state index >= 15 is 0 Å². The van der Waals surface area contributed by atoms with Crippen LogP contribution in [0.25, 0.3) is 5.69 Å². The van der Waals surface area contributed by atoms with Crippen LogP contribution in [0.4, 0.5) is 5.69 Å². The highest BCUT2D eigenvalue weighted by Crippen LogP contribution is 2.16. The number of rotatable bonds is 6. The second kappa shape index (κ2) is 8.42. The summed E-state index contributed by atoms with van der Waals surface area (Å²) in [6.45, 7) is 0.545. The third-order valence-electron chi connectivity index (χ3n) is 4.53. The molecule has 1 aromatic heterocycles. The summed E-state index contributed by atoms with van der Waals surface area (Å²) in [5, 5.41) is 19.6. The van der Waals surface area contributed by atoms with Gasteiger partial charge in [0.2, 0.25) is 11.8 Å². The Bertz CT molecular complexity index is 1010. The average Bonchev–Trinajstić information content (AvgIpc) is 3.46. The molecule has 1 aliphatic rings. The third-order valence-corrected chi connectivity index (χ3v) is 4.53. The quantitative estimate of drug-likeness (QED) is 0.694. The minimum Gasteiger partial charge on any atom is -0.326 e. The fourth-order valence-corrected chi connectivity index (χ4v) is 3.02. The van der Waals surface area contributed by atoms with E-state index < -0.39 is 0 Å². The van der Waals surface area contributed by atoms with Crippen LogP contribution < -0.4 is 5.32 Å². The van der Waals surface area contributed by atoms with E-state index in [1.165, 1.54) is 16.0 Å². The van der Waals surface area contributed by atoms with Crippen molar-refractivity contribution >= 4 is 23.2 Å². The predicted molar refractivity (Wildman–Crippen MR) is 106 cm³/mol. The maximum Gasteiger partial charge on any atom is 0.243 e. The molecule has 2 amide bonds. The van der Waals surface area contributed by atoms with Crippen LogP contribution in [-0.2, 0) is 9.59 Å². The molecule has 0 bridgehead atoms. The second-order valence-electron chi connectivity index (χ2n) is 6.53. The van der Waals surface area contributed by atoms with Gasteiger partial charge < -0.3 is 5.32 Å². The van der Waals surface area contributed by atoms with Crippen LogP contribution in [0.2, 0.25) is 0 Å². The van der Waals surface area contributed by atoms with Crippen LogP contribution in [0, 0.1) is 0 Å². The number of hydrazone groups is 1. The molecule has 0 atom stereocenters. The minimum atomic E-state index is -0.222. The van der Waals surface area contributed by atoms with Gasteiger partial charge in [0.25, 0.3) is 0 Å². The van der Waals surface area contributed by atoms with Crippen molar-refractivity contribution in [3.8, 4) is 5.69 Å². The first-order valence-electron chi connectivity index (χ1n) is 9.25. The summed E-state index contributed by atoms with van der Waals surface area (Å²) < 4.78 is 1.52. The number of carbonyl (C=O) groups is 2. The molecule has 1 N–H and O–H groups in total. The Kier molecular flexibility index (Phi) is 5.37. The van der Waals surface area contributed by atoms with Gasteiger partial charge in [-0.05, 0) is 40.3 Å². The van der Waals surface area contributed by atoms with Crippen molar-refractivity contribution in [3.63, 3.8) is 0 Å². The highest BCUT2D eigenvalue weighted by atomic mass is 16.2. The molecule has 1 aliphatic heterocycles. The largest absolute Gasteiger partial charge is 0.326 e. The standard InChI is InChI=1S/C20H19N7O2/c28-19(22-16-6-8-17(9-7-16)27-14-21-24-25-27)10-11-20(29)26-13-12-18(23-26)15-4-2-1-3-5-15/h1-9,14H,10-13H2,(H,22,28). The van der Waals surface area contributed by atoms with E-state index in [0.717, 1.165) is 23.4 Å². The third kappa shape index (κ3) is 4.52. The summed E-state index contributed by atoms with van der Waals surface area (Å²) in [6, 6.07) is 16.9. The van der Waals surface area contributed by atoms with Crippen molar-refractivity contribution in [2.75, 3.05) is 11.9 Å². The van der Waals surface area contributed by atoms with Crippen LogP contribution in [-0.4, -0.2) is 49.3 Å². The number of hydrogen-bond donors (Lipinski definition) is 1. The Hall–Kier alpha value is -3.88. The lowest BCUT2D eigenvalue weighted by atomic mass is 10.1. The van der Waals surface area contributed by atoms with Crippen molar-refractivity contribution in [2.24, 2.45) is 5.10 Å². The number of carbonyl (C=O) groups excluding carboxylic acids is 2. The number of aromatic nitrogens is 4. The van der Waals surface area contributed by atoms with Crippen LogP contribution in [0.3, 0.4) is 0 Å². The van der Waals surface area contributed by atoms with E-state index in [-0.39, 0.29) is 24.7 Å². The molecule has 0 radical (unpaired) electrons. The molecule has 0 fully saturated rings. The fourth-order valence-electron chi connectivity index (χ4n) is 3.02. The van der Waals surface area contributed by atoms with Gasteiger partial charge in [-0.15, -0.1) is 5.10 Å². The first-order valence-corrected chi connectivity index (χ1v) is 9.25. The van der Waals surface area contributed by atoms with Gasteiger partial charge in [-0.3, -0.25) is 9.59 Å². The van der Waals surface area contributed by atoms with Crippen molar-refractivity contribution in [2.45, 2.75) is 19.3 Å². The van der Waals surface area contributed by atoms with Gasteiger partial charge in [-0.1, -0.05) is 30.3 Å². The van der Waals surface area contributed by atoms with Gasteiger partial charge in [0.15, 0.2) is 0 Å². The van der Waals surface area contributed by atoms with Crippen LogP contribution in [0.5, 0.6) is 0 Å². The lowest BCUT2D eigenvalue weighted by Crippen LogP contribution is -2.24. The van der Waals surface area contributed by atoms with Gasteiger partial charge in [0, 0.05) is 24.9 Å². The molecule has 3 aromatic rings. The van der Waals surface area contributed by atoms with Crippen molar-refractivity contribution < 1.29 is 9.59 Å². The van der Waals surface area contributed by atoms with E-state index in [4.69, 9.17) is 0 Å². The van der Waals surface area contributed by atoms with Crippen LogP contribution >= 0.6 is 0 Å². The summed E-state index contributed by atoms with van der Waals surface area (Å²) in [4.78, 5) is 24.5. The Morgan fingerprint density at radius 2 is 1.79 bits per heavy atom. The maximum atomic E-state index is 12.4. The van der Waals surface area contributed by atoms with Crippen molar-refractivity contribution in [1.29, 1.82) is 0 Å². The number of amides is 2. The molecule has 29 heavy (non-hydrogen) atoms. The zero-order valence-electron chi connectivity index (χ0n) is 15.6. The summed E-state index contributed by atoms with van der Waals surface area (Å²) in [7, 11) is 0. The molecule has 2 aromatic carbocycles. The SMILES string of the molecule is O=C(CCC(=O)N1CCC(c2ccccc2)=N1)Nc1ccc(-n2cnnn2)cc1. The highest BCUT2D eigenvalue weighted by molar-refractivity contribution is 6.02.